The van der Waals surface area contributed by atoms with Crippen molar-refractivity contribution in [2.24, 2.45) is 0 Å². The largest absolute Gasteiger partial charge is 0.333 e. The normalized spacial score (nSPS) is 14.2. The van der Waals surface area contributed by atoms with Gasteiger partial charge in [-0.2, -0.15) is 0 Å². The van der Waals surface area contributed by atoms with Gasteiger partial charge in [0.25, 0.3) is 0 Å². The van der Waals surface area contributed by atoms with E-state index in [0.717, 1.165) is 50.8 Å². The summed E-state index contributed by atoms with van der Waals surface area (Å²) in [5.41, 5.74) is 23.2. The van der Waals surface area contributed by atoms with Gasteiger partial charge in [-0.15, -0.1) is 0 Å². The zero-order valence-corrected chi connectivity index (χ0v) is 49.4. The van der Waals surface area contributed by atoms with Crippen LogP contribution < -0.4 is 14.7 Å². The van der Waals surface area contributed by atoms with Crippen LogP contribution in [0.4, 0.5) is 45.5 Å². The molecule has 0 saturated heterocycles. The number of hydrogen-bond donors (Lipinski definition) is 0. The lowest BCUT2D eigenvalue weighted by molar-refractivity contribution is 0.748. The number of fused-ring (bicyclic) bond motifs is 8. The van der Waals surface area contributed by atoms with Crippen molar-refractivity contribution < 1.29 is 0 Å². The molecule has 15 aromatic rings. The predicted octanol–water partition coefficient (Wildman–Crippen LogP) is 23.3. The molecule has 0 saturated carbocycles. The molecule has 1 aromatic heterocycles. The summed E-state index contributed by atoms with van der Waals surface area (Å²) in [7, 11) is 0. The molecular weight excluding hydrogens is 1090 g/mol. The molecule has 1 aliphatic carbocycles. The minimum absolute atomic E-state index is 0.0674. The van der Waals surface area contributed by atoms with Crippen LogP contribution in [0.2, 0.25) is 0 Å². The molecule has 90 heavy (non-hydrogen) atoms. The third-order valence-electron chi connectivity index (χ3n) is 18.5. The van der Waals surface area contributed by atoms with E-state index in [1.807, 2.05) is 0 Å². The van der Waals surface area contributed by atoms with Crippen molar-refractivity contribution in [3.63, 3.8) is 0 Å². The molecule has 0 bridgehead atoms. The minimum Gasteiger partial charge on any atom is -0.333 e. The van der Waals surface area contributed by atoms with Crippen LogP contribution in [0.3, 0.4) is 0 Å². The Hall–Kier alpha value is -11.7. The highest BCUT2D eigenvalue weighted by atomic mass is 15.2. The molecule has 0 spiro atoms. The van der Waals surface area contributed by atoms with Gasteiger partial charge < -0.3 is 19.3 Å². The standard InChI is InChI=1S/C86H60N4/c1-5-20-59(21-6-1)61-38-42-63(43-39-61)67-46-50-83-77(54-67)79-57-73(48-52-85(79)89(83)81-36-17-26-65-24-13-15-34-75(65)81)87(69-28-9-3-10-29-69)71-32-19-33-72(56-71)88(70-30-11-4-12-31-70)74-49-53-86-80(58-74)78-55-68(64-44-40-62(41-45-64)60-22-7-2-8-23-60)47-51-84(78)90(86)82-37-18-27-66-25-14-16-35-76(66)82/h1-58,77,83H. The first-order valence-electron chi connectivity index (χ1n) is 31.1. The molecule has 0 N–H and O–H groups in total. The molecule has 4 nitrogen and oxygen atoms in total. The molecule has 1 aliphatic heterocycles. The number of nitrogens with zero attached hydrogens (tertiary/aromatic N) is 4. The summed E-state index contributed by atoms with van der Waals surface area (Å²) in [6.45, 7) is 0. The Kier molecular flexibility index (Phi) is 13.0. The molecule has 0 fully saturated rings. The van der Waals surface area contributed by atoms with E-state index in [-0.39, 0.29) is 12.0 Å². The second-order valence-electron chi connectivity index (χ2n) is 23.6. The fraction of sp³-hybridized carbons (Fsp3) is 0.0233. The van der Waals surface area contributed by atoms with Crippen molar-refractivity contribution in [2.45, 2.75) is 12.0 Å². The predicted molar refractivity (Wildman–Crippen MR) is 380 cm³/mol. The zero-order chi connectivity index (χ0) is 59.5. The number of hydrogen-bond acceptors (Lipinski definition) is 3. The fourth-order valence-electron chi connectivity index (χ4n) is 14.2. The first-order chi connectivity index (χ1) is 44.6. The second kappa shape index (κ2) is 22.2. The van der Waals surface area contributed by atoms with Crippen LogP contribution in [0.5, 0.6) is 0 Å². The van der Waals surface area contributed by atoms with Gasteiger partial charge in [0.05, 0.1) is 22.8 Å². The van der Waals surface area contributed by atoms with E-state index in [1.54, 1.807) is 0 Å². The molecule has 2 aliphatic rings. The van der Waals surface area contributed by atoms with E-state index in [4.69, 9.17) is 0 Å². The van der Waals surface area contributed by atoms with Crippen LogP contribution in [0.1, 0.15) is 17.0 Å². The second-order valence-corrected chi connectivity index (χ2v) is 23.6. The highest BCUT2D eigenvalue weighted by Crippen LogP contribution is 2.53. The van der Waals surface area contributed by atoms with Gasteiger partial charge in [0.2, 0.25) is 0 Å². The molecule has 14 aromatic carbocycles. The topological polar surface area (TPSA) is 14.7 Å². The summed E-state index contributed by atoms with van der Waals surface area (Å²) in [6.07, 6.45) is 7.29. The van der Waals surface area contributed by atoms with Gasteiger partial charge >= 0.3 is 0 Å². The average molecular weight is 1150 g/mol. The summed E-state index contributed by atoms with van der Waals surface area (Å²) >= 11 is 0. The first-order valence-corrected chi connectivity index (χ1v) is 31.1. The van der Waals surface area contributed by atoms with Crippen molar-refractivity contribution in [1.82, 2.24) is 4.57 Å². The van der Waals surface area contributed by atoms with Gasteiger partial charge in [0.1, 0.15) is 0 Å². The van der Waals surface area contributed by atoms with Crippen molar-refractivity contribution in [1.29, 1.82) is 0 Å². The number of rotatable bonds is 12. The lowest BCUT2D eigenvalue weighted by Gasteiger charge is -2.31. The SMILES string of the molecule is C1=CC2C(C=C1c1ccc(-c3ccccc3)cc1)c1cc(N(c3ccccc3)c3cccc(N(c4ccccc4)c4ccc5c(c4)c4cc(-c6ccc(-c7ccccc7)cc6)ccc4n5-c4cccc5ccccc45)c3)ccc1N2c1cccc2ccccc12. The summed E-state index contributed by atoms with van der Waals surface area (Å²) in [6, 6.07) is 122. The van der Waals surface area contributed by atoms with E-state index in [0.29, 0.717) is 0 Å². The maximum atomic E-state index is 2.58. The molecule has 2 unspecified atom stereocenters. The van der Waals surface area contributed by atoms with Crippen LogP contribution in [-0.4, -0.2) is 10.6 Å². The molecule has 2 atom stereocenters. The monoisotopic (exact) mass is 1150 g/mol. The Balaban J connectivity index is 0.803. The lowest BCUT2D eigenvalue weighted by Crippen LogP contribution is -2.29. The van der Waals surface area contributed by atoms with Gasteiger partial charge in [-0.25, -0.2) is 0 Å². The van der Waals surface area contributed by atoms with Crippen LogP contribution in [0, 0.1) is 0 Å². The van der Waals surface area contributed by atoms with Crippen molar-refractivity contribution in [3.8, 4) is 39.1 Å². The molecule has 2 heterocycles. The Labute approximate surface area is 524 Å². The van der Waals surface area contributed by atoms with Gasteiger partial charge in [-0.05, 0) is 164 Å². The van der Waals surface area contributed by atoms with Gasteiger partial charge in [0, 0.05) is 73.0 Å². The van der Waals surface area contributed by atoms with Crippen LogP contribution in [-0.2, 0) is 0 Å². The highest BCUT2D eigenvalue weighted by molar-refractivity contribution is 6.13. The number of para-hydroxylation sites is 2. The lowest BCUT2D eigenvalue weighted by atomic mass is 9.85. The van der Waals surface area contributed by atoms with Gasteiger partial charge in [-0.1, -0.05) is 249 Å². The van der Waals surface area contributed by atoms with Crippen LogP contribution in [0.25, 0.3) is 88.0 Å². The average Bonchev–Trinajstić information content (AvgIpc) is 1.60. The molecular formula is C86H60N4. The highest BCUT2D eigenvalue weighted by Gasteiger charge is 2.40. The molecule has 0 amide bonds. The molecule has 424 valence electrons. The van der Waals surface area contributed by atoms with Gasteiger partial charge in [-0.3, -0.25) is 0 Å². The molecule has 0 radical (unpaired) electrons. The Bertz CT molecular complexity index is 5230. The van der Waals surface area contributed by atoms with Crippen molar-refractivity contribution >= 4 is 94.4 Å². The summed E-state index contributed by atoms with van der Waals surface area (Å²) < 4.78 is 2.47. The fourth-order valence-corrected chi connectivity index (χ4v) is 14.2. The quantitative estimate of drug-likeness (QED) is 0.121. The Morgan fingerprint density at radius 1 is 0.267 bits per heavy atom. The van der Waals surface area contributed by atoms with Crippen LogP contribution in [0.15, 0.2) is 352 Å². The van der Waals surface area contributed by atoms with E-state index in [2.05, 4.69) is 371 Å². The minimum atomic E-state index is 0.0674. The third kappa shape index (κ3) is 9.24. The van der Waals surface area contributed by atoms with E-state index in [1.165, 1.54) is 93.8 Å². The smallest absolute Gasteiger partial charge is 0.0630 e. The number of allylic oxidation sites excluding steroid dienone is 2. The molecule has 4 heteroatoms. The Morgan fingerprint density at radius 3 is 1.30 bits per heavy atom. The van der Waals surface area contributed by atoms with Crippen LogP contribution >= 0.6 is 0 Å². The third-order valence-corrected chi connectivity index (χ3v) is 18.5. The number of aromatic nitrogens is 1. The first kappa shape index (κ1) is 52.6. The summed E-state index contributed by atoms with van der Waals surface area (Å²) in [5, 5.41) is 7.26. The zero-order valence-electron chi connectivity index (χ0n) is 49.4. The van der Waals surface area contributed by atoms with Crippen molar-refractivity contribution in [3.05, 3.63) is 363 Å². The van der Waals surface area contributed by atoms with E-state index >= 15 is 0 Å². The van der Waals surface area contributed by atoms with Gasteiger partial charge in [0.15, 0.2) is 0 Å². The van der Waals surface area contributed by atoms with E-state index in [9.17, 15) is 0 Å². The summed E-state index contributed by atoms with van der Waals surface area (Å²) in [5.74, 6) is 0.0722. The van der Waals surface area contributed by atoms with Crippen molar-refractivity contribution in [2.75, 3.05) is 14.7 Å². The number of anilines is 8. The maximum Gasteiger partial charge on any atom is 0.0630 e. The summed E-state index contributed by atoms with van der Waals surface area (Å²) in [4.78, 5) is 7.44. The molecule has 17 rings (SSSR count). The van der Waals surface area contributed by atoms with E-state index < -0.39 is 0 Å². The maximum absolute atomic E-state index is 2.58. The Morgan fingerprint density at radius 2 is 0.689 bits per heavy atom. The number of benzene rings is 14.